The Morgan fingerprint density at radius 1 is 1.24 bits per heavy atom. The van der Waals surface area contributed by atoms with Gasteiger partial charge in [-0.25, -0.2) is 0 Å². The lowest BCUT2D eigenvalue weighted by molar-refractivity contribution is -0.132. The van der Waals surface area contributed by atoms with Gasteiger partial charge in [0.2, 0.25) is 5.91 Å². The molecule has 1 aliphatic rings. The van der Waals surface area contributed by atoms with Crippen molar-refractivity contribution in [2.75, 3.05) is 20.2 Å². The average molecular weight is 291 g/mol. The standard InChI is InChI=1S/C17H25NO3/c1-21-16-10-9-14(13-15(16)19)7-3-4-8-17(20)18-11-5-2-6-12-18/h9-10,13,19H,2-8,11-12H2,1H3. The van der Waals surface area contributed by atoms with Gasteiger partial charge in [0.1, 0.15) is 0 Å². The number of amides is 1. The molecular formula is C17H25NO3. The van der Waals surface area contributed by atoms with E-state index < -0.39 is 0 Å². The Morgan fingerprint density at radius 3 is 2.67 bits per heavy atom. The molecule has 4 nitrogen and oxygen atoms in total. The molecule has 2 rings (SSSR count). The third-order valence-corrected chi connectivity index (χ3v) is 4.06. The Kier molecular flexibility index (Phi) is 5.90. The maximum atomic E-state index is 12.0. The number of hydrogen-bond donors (Lipinski definition) is 1. The number of carbonyl (C=O) groups is 1. The number of methoxy groups -OCH3 is 1. The van der Waals surface area contributed by atoms with Gasteiger partial charge in [0.25, 0.3) is 0 Å². The first-order valence-corrected chi connectivity index (χ1v) is 7.84. The van der Waals surface area contributed by atoms with E-state index >= 15 is 0 Å². The van der Waals surface area contributed by atoms with Crippen molar-refractivity contribution in [2.45, 2.75) is 44.9 Å². The lowest BCUT2D eigenvalue weighted by Gasteiger charge is -2.26. The summed E-state index contributed by atoms with van der Waals surface area (Å²) in [6, 6.07) is 5.49. The fourth-order valence-electron chi connectivity index (χ4n) is 2.80. The lowest BCUT2D eigenvalue weighted by atomic mass is 10.1. The van der Waals surface area contributed by atoms with E-state index in [0.717, 1.165) is 50.8 Å². The highest BCUT2D eigenvalue weighted by Gasteiger charge is 2.15. The number of aryl methyl sites for hydroxylation is 1. The molecule has 1 N–H and O–H groups in total. The highest BCUT2D eigenvalue weighted by molar-refractivity contribution is 5.76. The predicted molar refractivity (Wildman–Crippen MR) is 82.6 cm³/mol. The Morgan fingerprint density at radius 2 is 2.00 bits per heavy atom. The summed E-state index contributed by atoms with van der Waals surface area (Å²) in [6.07, 6.45) is 6.94. The second-order valence-corrected chi connectivity index (χ2v) is 5.65. The smallest absolute Gasteiger partial charge is 0.222 e. The Labute approximate surface area is 126 Å². The summed E-state index contributed by atoms with van der Waals surface area (Å²) < 4.78 is 5.02. The van der Waals surface area contributed by atoms with Gasteiger partial charge in [0.05, 0.1) is 7.11 Å². The van der Waals surface area contributed by atoms with Gasteiger partial charge in [-0.15, -0.1) is 0 Å². The number of ether oxygens (including phenoxy) is 1. The van der Waals surface area contributed by atoms with Gasteiger partial charge in [0.15, 0.2) is 11.5 Å². The van der Waals surface area contributed by atoms with Crippen LogP contribution in [0.2, 0.25) is 0 Å². The quantitative estimate of drug-likeness (QED) is 0.819. The summed E-state index contributed by atoms with van der Waals surface area (Å²) in [4.78, 5) is 14.0. The van der Waals surface area contributed by atoms with Crippen molar-refractivity contribution < 1.29 is 14.6 Å². The Balaban J connectivity index is 1.69. The third kappa shape index (κ3) is 4.66. The largest absolute Gasteiger partial charge is 0.504 e. The number of phenols is 1. The lowest BCUT2D eigenvalue weighted by Crippen LogP contribution is -2.35. The van der Waals surface area contributed by atoms with E-state index in [0.29, 0.717) is 18.1 Å². The van der Waals surface area contributed by atoms with Crippen LogP contribution in [0.1, 0.15) is 44.1 Å². The molecule has 1 saturated heterocycles. The maximum absolute atomic E-state index is 12.0. The van der Waals surface area contributed by atoms with Crippen LogP contribution in [0.5, 0.6) is 11.5 Å². The van der Waals surface area contributed by atoms with Crippen molar-refractivity contribution >= 4 is 5.91 Å². The predicted octanol–water partition coefficient (Wildman–Crippen LogP) is 3.13. The molecule has 21 heavy (non-hydrogen) atoms. The van der Waals surface area contributed by atoms with Crippen LogP contribution in [-0.2, 0) is 11.2 Å². The van der Waals surface area contributed by atoms with Crippen LogP contribution < -0.4 is 4.74 Å². The second kappa shape index (κ2) is 7.91. The minimum Gasteiger partial charge on any atom is -0.504 e. The molecule has 1 heterocycles. The van der Waals surface area contributed by atoms with E-state index in [1.54, 1.807) is 19.2 Å². The first kappa shape index (κ1) is 15.7. The van der Waals surface area contributed by atoms with Crippen LogP contribution in [0.15, 0.2) is 18.2 Å². The molecule has 0 radical (unpaired) electrons. The zero-order chi connectivity index (χ0) is 15.1. The number of hydrogen-bond acceptors (Lipinski definition) is 3. The summed E-state index contributed by atoms with van der Waals surface area (Å²) in [5, 5.41) is 9.72. The van der Waals surface area contributed by atoms with Crippen molar-refractivity contribution in [1.29, 1.82) is 0 Å². The van der Waals surface area contributed by atoms with Crippen molar-refractivity contribution in [2.24, 2.45) is 0 Å². The number of nitrogens with zero attached hydrogens (tertiary/aromatic N) is 1. The molecule has 0 saturated carbocycles. The van der Waals surface area contributed by atoms with Gasteiger partial charge in [-0.2, -0.15) is 0 Å². The van der Waals surface area contributed by atoms with E-state index in [1.807, 2.05) is 11.0 Å². The SMILES string of the molecule is COc1ccc(CCCCC(=O)N2CCCCC2)cc1O. The van der Waals surface area contributed by atoms with Crippen LogP contribution in [0.4, 0.5) is 0 Å². The van der Waals surface area contributed by atoms with Crippen LogP contribution in [-0.4, -0.2) is 36.1 Å². The summed E-state index contributed by atoms with van der Waals surface area (Å²) in [5.41, 5.74) is 1.08. The number of benzene rings is 1. The molecule has 1 aromatic carbocycles. The molecule has 1 fully saturated rings. The van der Waals surface area contributed by atoms with E-state index in [9.17, 15) is 9.90 Å². The van der Waals surface area contributed by atoms with Gasteiger partial charge >= 0.3 is 0 Å². The summed E-state index contributed by atoms with van der Waals surface area (Å²) in [6.45, 7) is 1.87. The Hall–Kier alpha value is -1.71. The molecule has 1 amide bonds. The monoisotopic (exact) mass is 291 g/mol. The highest BCUT2D eigenvalue weighted by atomic mass is 16.5. The molecule has 0 atom stereocenters. The second-order valence-electron chi connectivity index (χ2n) is 5.65. The third-order valence-electron chi connectivity index (χ3n) is 4.06. The first-order valence-electron chi connectivity index (χ1n) is 7.84. The molecule has 0 aromatic heterocycles. The molecule has 116 valence electrons. The van der Waals surface area contributed by atoms with E-state index in [-0.39, 0.29) is 5.75 Å². The van der Waals surface area contributed by atoms with Gasteiger partial charge in [-0.1, -0.05) is 6.07 Å². The van der Waals surface area contributed by atoms with Gasteiger partial charge in [-0.05, 0) is 56.2 Å². The van der Waals surface area contributed by atoms with Gasteiger partial charge < -0.3 is 14.7 Å². The number of phenolic OH excluding ortho intramolecular Hbond substituents is 1. The van der Waals surface area contributed by atoms with Crippen molar-refractivity contribution in [3.63, 3.8) is 0 Å². The van der Waals surface area contributed by atoms with Gasteiger partial charge in [0, 0.05) is 19.5 Å². The zero-order valence-electron chi connectivity index (χ0n) is 12.8. The van der Waals surface area contributed by atoms with E-state index in [4.69, 9.17) is 4.74 Å². The molecule has 1 aliphatic heterocycles. The fraction of sp³-hybridized carbons (Fsp3) is 0.588. The maximum Gasteiger partial charge on any atom is 0.222 e. The number of carbonyl (C=O) groups excluding carboxylic acids is 1. The number of piperidine rings is 1. The number of likely N-dealkylation sites (tertiary alicyclic amines) is 1. The highest BCUT2D eigenvalue weighted by Crippen LogP contribution is 2.26. The van der Waals surface area contributed by atoms with Crippen molar-refractivity contribution in [1.82, 2.24) is 4.90 Å². The van der Waals surface area contributed by atoms with Crippen molar-refractivity contribution in [3.8, 4) is 11.5 Å². The number of aromatic hydroxyl groups is 1. The molecule has 0 aliphatic carbocycles. The minimum atomic E-state index is 0.180. The van der Waals surface area contributed by atoms with E-state index in [1.165, 1.54) is 6.42 Å². The van der Waals surface area contributed by atoms with Crippen molar-refractivity contribution in [3.05, 3.63) is 23.8 Å². The van der Waals surface area contributed by atoms with Crippen LogP contribution in [0.25, 0.3) is 0 Å². The van der Waals surface area contributed by atoms with Crippen LogP contribution in [0.3, 0.4) is 0 Å². The number of rotatable bonds is 6. The zero-order valence-corrected chi connectivity index (χ0v) is 12.8. The molecular weight excluding hydrogens is 266 g/mol. The minimum absolute atomic E-state index is 0.180. The summed E-state index contributed by atoms with van der Waals surface area (Å²) >= 11 is 0. The summed E-state index contributed by atoms with van der Waals surface area (Å²) in [5.74, 6) is 0.977. The Bertz CT molecular complexity index is 467. The first-order chi connectivity index (χ1) is 10.2. The summed E-state index contributed by atoms with van der Waals surface area (Å²) in [7, 11) is 1.54. The van der Waals surface area contributed by atoms with Gasteiger partial charge in [-0.3, -0.25) is 4.79 Å². The molecule has 0 bridgehead atoms. The molecule has 4 heteroatoms. The normalized spacial score (nSPS) is 15.0. The van der Waals surface area contributed by atoms with Crippen LogP contribution in [0, 0.1) is 0 Å². The number of unbranched alkanes of at least 4 members (excludes halogenated alkanes) is 1. The average Bonchev–Trinajstić information content (AvgIpc) is 2.52. The fourth-order valence-corrected chi connectivity index (χ4v) is 2.80. The molecule has 0 spiro atoms. The molecule has 1 aromatic rings. The molecule has 0 unspecified atom stereocenters. The van der Waals surface area contributed by atoms with E-state index in [2.05, 4.69) is 0 Å². The topological polar surface area (TPSA) is 49.8 Å². The van der Waals surface area contributed by atoms with Crippen LogP contribution >= 0.6 is 0 Å².